The number of aromatic nitrogens is 3. The predicted octanol–water partition coefficient (Wildman–Crippen LogP) is 1.69. The number of aromatic amines is 1. The Morgan fingerprint density at radius 1 is 1.42 bits per heavy atom. The highest BCUT2D eigenvalue weighted by Crippen LogP contribution is 2.20. The molecule has 0 aliphatic heterocycles. The van der Waals surface area contributed by atoms with Crippen LogP contribution in [0.1, 0.15) is 35.6 Å². The van der Waals surface area contributed by atoms with Crippen LogP contribution in [-0.4, -0.2) is 28.2 Å². The van der Waals surface area contributed by atoms with Gasteiger partial charge in [0.15, 0.2) is 0 Å². The predicted molar refractivity (Wildman–Crippen MR) is 69.9 cm³/mol. The molecule has 1 aromatic carbocycles. The lowest BCUT2D eigenvalue weighted by Crippen LogP contribution is -2.29. The number of rotatable bonds is 5. The number of hydrogen-bond acceptors (Lipinski definition) is 4. The summed E-state index contributed by atoms with van der Waals surface area (Å²) in [6.07, 6.45) is 2.09. The van der Waals surface area contributed by atoms with Crippen LogP contribution in [0.15, 0.2) is 30.6 Å². The molecule has 0 spiro atoms. The van der Waals surface area contributed by atoms with Crippen molar-refractivity contribution in [3.05, 3.63) is 42.0 Å². The van der Waals surface area contributed by atoms with Crippen molar-refractivity contribution in [2.24, 2.45) is 0 Å². The van der Waals surface area contributed by atoms with Gasteiger partial charge in [-0.2, -0.15) is 5.10 Å². The van der Waals surface area contributed by atoms with Crippen LogP contribution >= 0.6 is 0 Å². The number of ether oxygens (including phenoxy) is 1. The topological polar surface area (TPSA) is 79.9 Å². The van der Waals surface area contributed by atoms with Gasteiger partial charge in [-0.25, -0.2) is 4.98 Å². The normalized spacial score (nSPS) is 11.9. The maximum Gasteiger partial charge on any atom is 0.289 e. The molecule has 100 valence electrons. The quantitative estimate of drug-likeness (QED) is 0.857. The average molecular weight is 260 g/mol. The molecule has 2 rings (SSSR count). The number of methoxy groups -OCH3 is 1. The minimum Gasteiger partial charge on any atom is -0.497 e. The van der Waals surface area contributed by atoms with E-state index < -0.39 is 0 Å². The molecule has 1 heterocycles. The Morgan fingerprint density at radius 2 is 2.16 bits per heavy atom. The molecular weight excluding hydrogens is 244 g/mol. The van der Waals surface area contributed by atoms with Crippen LogP contribution in [0.4, 0.5) is 0 Å². The van der Waals surface area contributed by atoms with E-state index in [0.29, 0.717) is 0 Å². The molecule has 0 saturated carbocycles. The van der Waals surface area contributed by atoms with Crippen LogP contribution in [0.2, 0.25) is 0 Å². The average Bonchev–Trinajstić information content (AvgIpc) is 2.99. The van der Waals surface area contributed by atoms with Gasteiger partial charge in [0.25, 0.3) is 5.91 Å². The first kappa shape index (κ1) is 13.1. The fourth-order valence-electron chi connectivity index (χ4n) is 1.80. The van der Waals surface area contributed by atoms with Gasteiger partial charge in [0.05, 0.1) is 13.2 Å². The number of H-pyrrole nitrogens is 1. The van der Waals surface area contributed by atoms with Crippen molar-refractivity contribution in [2.75, 3.05) is 7.11 Å². The zero-order valence-corrected chi connectivity index (χ0v) is 10.9. The van der Waals surface area contributed by atoms with Crippen molar-refractivity contribution < 1.29 is 9.53 Å². The van der Waals surface area contributed by atoms with E-state index in [1.165, 1.54) is 6.33 Å². The first-order chi connectivity index (χ1) is 9.24. The molecule has 2 N–H and O–H groups in total. The van der Waals surface area contributed by atoms with Gasteiger partial charge in [0.1, 0.15) is 12.1 Å². The SMILES string of the molecule is CCC(NC(=O)c1ncn[nH]1)c1ccc(OC)cc1. The van der Waals surface area contributed by atoms with Crippen molar-refractivity contribution in [1.82, 2.24) is 20.5 Å². The Bertz CT molecular complexity index is 522. The third kappa shape index (κ3) is 3.09. The van der Waals surface area contributed by atoms with Gasteiger partial charge in [-0.05, 0) is 24.1 Å². The summed E-state index contributed by atoms with van der Waals surface area (Å²) in [7, 11) is 1.62. The maximum atomic E-state index is 11.9. The van der Waals surface area contributed by atoms with E-state index in [4.69, 9.17) is 4.74 Å². The molecule has 0 aliphatic rings. The Labute approximate surface area is 111 Å². The summed E-state index contributed by atoms with van der Waals surface area (Å²) < 4.78 is 5.11. The molecule has 0 bridgehead atoms. The number of amides is 1. The van der Waals surface area contributed by atoms with Gasteiger partial charge in [-0.3, -0.25) is 9.89 Å². The highest BCUT2D eigenvalue weighted by atomic mass is 16.5. The molecule has 0 radical (unpaired) electrons. The fourth-order valence-corrected chi connectivity index (χ4v) is 1.80. The molecule has 19 heavy (non-hydrogen) atoms. The van der Waals surface area contributed by atoms with Crippen LogP contribution in [-0.2, 0) is 0 Å². The summed E-state index contributed by atoms with van der Waals surface area (Å²) in [4.78, 5) is 15.7. The summed E-state index contributed by atoms with van der Waals surface area (Å²) >= 11 is 0. The molecule has 1 aromatic heterocycles. The van der Waals surface area contributed by atoms with E-state index >= 15 is 0 Å². The summed E-state index contributed by atoms with van der Waals surface area (Å²) in [6.45, 7) is 2.01. The molecule has 2 aromatic rings. The van der Waals surface area contributed by atoms with Crippen LogP contribution in [0.5, 0.6) is 5.75 Å². The van der Waals surface area contributed by atoms with E-state index in [-0.39, 0.29) is 17.8 Å². The monoisotopic (exact) mass is 260 g/mol. The highest BCUT2D eigenvalue weighted by molar-refractivity contribution is 5.90. The second kappa shape index (κ2) is 5.99. The van der Waals surface area contributed by atoms with Crippen LogP contribution in [0.25, 0.3) is 0 Å². The molecule has 6 heteroatoms. The van der Waals surface area contributed by atoms with Crippen molar-refractivity contribution in [1.29, 1.82) is 0 Å². The Hall–Kier alpha value is -2.37. The standard InChI is InChI=1S/C13H16N4O2/c1-3-11(9-4-6-10(19-2)7-5-9)16-13(18)12-14-8-15-17-12/h4-8,11H,3H2,1-2H3,(H,16,18)(H,14,15,17). The van der Waals surface area contributed by atoms with Gasteiger partial charge in [-0.1, -0.05) is 19.1 Å². The molecule has 0 saturated heterocycles. The van der Waals surface area contributed by atoms with Gasteiger partial charge in [0.2, 0.25) is 5.82 Å². The third-order valence-corrected chi connectivity index (χ3v) is 2.86. The van der Waals surface area contributed by atoms with Crippen LogP contribution in [0, 0.1) is 0 Å². The first-order valence-corrected chi connectivity index (χ1v) is 6.04. The van der Waals surface area contributed by atoms with Crippen LogP contribution in [0.3, 0.4) is 0 Å². The lowest BCUT2D eigenvalue weighted by Gasteiger charge is -2.16. The van der Waals surface area contributed by atoms with E-state index in [1.54, 1.807) is 7.11 Å². The van der Waals surface area contributed by atoms with Crippen molar-refractivity contribution in [3.63, 3.8) is 0 Å². The maximum absolute atomic E-state index is 11.9. The van der Waals surface area contributed by atoms with Gasteiger partial charge >= 0.3 is 0 Å². The third-order valence-electron chi connectivity index (χ3n) is 2.86. The van der Waals surface area contributed by atoms with Crippen molar-refractivity contribution in [3.8, 4) is 5.75 Å². The lowest BCUT2D eigenvalue weighted by atomic mass is 10.0. The second-order valence-electron chi connectivity index (χ2n) is 4.04. The Kier molecular flexibility index (Phi) is 4.12. The fraction of sp³-hybridized carbons (Fsp3) is 0.308. The van der Waals surface area contributed by atoms with E-state index in [1.807, 2.05) is 31.2 Å². The van der Waals surface area contributed by atoms with Gasteiger partial charge in [0, 0.05) is 0 Å². The van der Waals surface area contributed by atoms with E-state index in [9.17, 15) is 4.79 Å². The van der Waals surface area contributed by atoms with Crippen LogP contribution < -0.4 is 10.1 Å². The first-order valence-electron chi connectivity index (χ1n) is 6.04. The number of hydrogen-bond donors (Lipinski definition) is 2. The molecule has 1 atom stereocenters. The van der Waals surface area contributed by atoms with Crippen molar-refractivity contribution in [2.45, 2.75) is 19.4 Å². The summed E-state index contributed by atoms with van der Waals surface area (Å²) in [6, 6.07) is 7.56. The number of benzene rings is 1. The molecular formula is C13H16N4O2. The largest absolute Gasteiger partial charge is 0.497 e. The molecule has 1 unspecified atom stereocenters. The molecule has 6 nitrogen and oxygen atoms in total. The minimum absolute atomic E-state index is 0.0662. The number of carbonyl (C=O) groups excluding carboxylic acids is 1. The smallest absolute Gasteiger partial charge is 0.289 e. The van der Waals surface area contributed by atoms with E-state index in [2.05, 4.69) is 20.5 Å². The second-order valence-corrected chi connectivity index (χ2v) is 4.04. The highest BCUT2D eigenvalue weighted by Gasteiger charge is 2.15. The number of nitrogens with one attached hydrogen (secondary N) is 2. The van der Waals surface area contributed by atoms with E-state index in [0.717, 1.165) is 17.7 Å². The Morgan fingerprint density at radius 3 is 2.68 bits per heavy atom. The summed E-state index contributed by atoms with van der Waals surface area (Å²) in [5.74, 6) is 0.743. The number of carbonyl (C=O) groups is 1. The van der Waals surface area contributed by atoms with Gasteiger partial charge in [-0.15, -0.1) is 0 Å². The van der Waals surface area contributed by atoms with Gasteiger partial charge < -0.3 is 10.1 Å². The lowest BCUT2D eigenvalue weighted by molar-refractivity contribution is 0.0925. The molecule has 0 fully saturated rings. The minimum atomic E-state index is -0.264. The Balaban J connectivity index is 2.09. The summed E-state index contributed by atoms with van der Waals surface area (Å²) in [5.41, 5.74) is 1.02. The zero-order valence-electron chi connectivity index (χ0n) is 10.9. The molecule has 1 amide bonds. The number of nitrogens with zero attached hydrogens (tertiary/aromatic N) is 2. The summed E-state index contributed by atoms with van der Waals surface area (Å²) in [5, 5.41) is 9.11. The zero-order chi connectivity index (χ0) is 13.7. The molecule has 0 aliphatic carbocycles. The van der Waals surface area contributed by atoms with Crippen molar-refractivity contribution >= 4 is 5.91 Å².